The molecular weight excluding hydrogens is 456 g/mol. The molecule has 2 aliphatic rings. The van der Waals surface area contributed by atoms with E-state index in [0.717, 1.165) is 6.07 Å². The third kappa shape index (κ3) is 3.23. The van der Waals surface area contributed by atoms with Crippen molar-refractivity contribution in [2.24, 2.45) is 0 Å². The van der Waals surface area contributed by atoms with Gasteiger partial charge in [-0.2, -0.15) is 0 Å². The number of carbonyl (C=O) groups is 3. The number of aromatic hydroxyl groups is 3. The average Bonchev–Trinajstić information content (AvgIpc) is 2.79. The first-order valence-electron chi connectivity index (χ1n) is 10.0. The predicted molar refractivity (Wildman–Crippen MR) is 109 cm³/mol. The number of aliphatic hydroxyl groups excluding tert-OH is 4. The molecule has 2 aromatic carbocycles. The number of phenols is 3. The van der Waals surface area contributed by atoms with Crippen LogP contribution in [-0.4, -0.2) is 84.8 Å². The Kier molecular flexibility index (Phi) is 5.79. The van der Waals surface area contributed by atoms with E-state index < -0.39 is 82.6 Å². The Labute approximate surface area is 190 Å². The van der Waals surface area contributed by atoms with Gasteiger partial charge < -0.3 is 45.2 Å². The minimum absolute atomic E-state index is 0.0540. The molecule has 1 heterocycles. The molecule has 0 saturated carbocycles. The van der Waals surface area contributed by atoms with E-state index in [9.17, 15) is 50.1 Å². The van der Waals surface area contributed by atoms with Gasteiger partial charge in [0, 0.05) is 11.1 Å². The second kappa shape index (κ2) is 8.34. The van der Waals surface area contributed by atoms with Crippen LogP contribution in [0.15, 0.2) is 12.1 Å². The smallest absolute Gasteiger partial charge is 0.298 e. The highest BCUT2D eigenvalue weighted by Crippen LogP contribution is 2.51. The summed E-state index contributed by atoms with van der Waals surface area (Å²) in [4.78, 5) is 37.2. The number of ketones is 2. The van der Waals surface area contributed by atoms with Gasteiger partial charge in [-0.1, -0.05) is 0 Å². The van der Waals surface area contributed by atoms with Crippen LogP contribution < -0.4 is 4.74 Å². The molecule has 0 bridgehead atoms. The lowest BCUT2D eigenvalue weighted by Crippen LogP contribution is -2.55. The lowest BCUT2D eigenvalue weighted by Gasteiger charge is -2.40. The van der Waals surface area contributed by atoms with Gasteiger partial charge in [-0.05, 0) is 24.6 Å². The molecule has 34 heavy (non-hydrogen) atoms. The van der Waals surface area contributed by atoms with Gasteiger partial charge in [0.25, 0.3) is 6.47 Å². The number of aryl methyl sites for hydroxylation is 1. The number of hydrogen-bond donors (Lipinski definition) is 7. The van der Waals surface area contributed by atoms with Crippen LogP contribution in [0, 0.1) is 6.92 Å². The maximum atomic E-state index is 13.3. The summed E-state index contributed by atoms with van der Waals surface area (Å²) in [7, 11) is 0. The number of phenolic OH excluding ortho intramolecular Hbond substituents is 3. The van der Waals surface area contributed by atoms with Gasteiger partial charge >= 0.3 is 0 Å². The highest BCUT2D eigenvalue weighted by molar-refractivity contribution is 6.31. The van der Waals surface area contributed by atoms with Gasteiger partial charge in [-0.25, -0.2) is 0 Å². The molecule has 0 aromatic heterocycles. The van der Waals surface area contributed by atoms with E-state index in [-0.39, 0.29) is 28.9 Å². The summed E-state index contributed by atoms with van der Waals surface area (Å²) in [6, 6.07) is 2.40. The van der Waals surface area contributed by atoms with E-state index >= 15 is 0 Å². The maximum absolute atomic E-state index is 13.3. The normalized spacial score (nSPS) is 26.1. The van der Waals surface area contributed by atoms with Crippen molar-refractivity contribution >= 4 is 18.0 Å². The van der Waals surface area contributed by atoms with E-state index in [0.29, 0.717) is 0 Å². The zero-order valence-corrected chi connectivity index (χ0v) is 17.5. The van der Waals surface area contributed by atoms with Gasteiger partial charge in [0.05, 0.1) is 23.3 Å². The summed E-state index contributed by atoms with van der Waals surface area (Å²) in [5.74, 6) is -5.18. The number of aliphatic hydroxyl groups is 4. The number of hydrogen-bond acceptors (Lipinski definition) is 12. The molecule has 1 aliphatic heterocycles. The third-order valence-electron chi connectivity index (χ3n) is 6.05. The molecule has 1 aliphatic carbocycles. The Hall–Kier alpha value is -3.55. The van der Waals surface area contributed by atoms with Crippen molar-refractivity contribution in [1.29, 1.82) is 0 Å². The summed E-state index contributed by atoms with van der Waals surface area (Å²) in [5.41, 5.74) is -2.34. The van der Waals surface area contributed by atoms with Gasteiger partial charge in [0.1, 0.15) is 42.0 Å². The van der Waals surface area contributed by atoms with E-state index in [1.165, 1.54) is 13.0 Å². The molecule has 0 radical (unpaired) electrons. The Morgan fingerprint density at radius 1 is 0.912 bits per heavy atom. The fourth-order valence-electron chi connectivity index (χ4n) is 4.40. The Morgan fingerprint density at radius 2 is 1.56 bits per heavy atom. The van der Waals surface area contributed by atoms with Crippen molar-refractivity contribution in [3.8, 4) is 23.0 Å². The Bertz CT molecular complexity index is 1220. The van der Waals surface area contributed by atoms with Gasteiger partial charge in [-0.3, -0.25) is 14.4 Å². The second-order valence-electron chi connectivity index (χ2n) is 7.99. The molecule has 1 fully saturated rings. The first-order valence-corrected chi connectivity index (χ1v) is 10.0. The summed E-state index contributed by atoms with van der Waals surface area (Å²) >= 11 is 0. The molecule has 0 amide bonds. The Balaban J connectivity index is 1.94. The van der Waals surface area contributed by atoms with Crippen LogP contribution in [0.1, 0.15) is 49.1 Å². The van der Waals surface area contributed by atoms with Crippen LogP contribution in [-0.2, 0) is 9.53 Å². The molecule has 1 saturated heterocycles. The van der Waals surface area contributed by atoms with Crippen LogP contribution in [0.5, 0.6) is 23.0 Å². The zero-order valence-electron chi connectivity index (χ0n) is 17.5. The molecule has 180 valence electrons. The van der Waals surface area contributed by atoms with E-state index in [1.54, 1.807) is 0 Å². The fraction of sp³-hybridized carbons (Fsp3) is 0.318. The second-order valence-corrected chi connectivity index (χ2v) is 7.99. The SMILES string of the molecule is Cc1cc(OC=O)cc2c1C(=O)c1c(O)c([C@@H]3O[C@H](CO)[C@@H](O)[C@H](O)[C@H]3O)c(O)c(O)c1C2=O. The van der Waals surface area contributed by atoms with E-state index in [1.807, 2.05) is 0 Å². The highest BCUT2D eigenvalue weighted by atomic mass is 16.5. The molecule has 7 N–H and O–H groups in total. The van der Waals surface area contributed by atoms with Crippen molar-refractivity contribution in [2.45, 2.75) is 37.4 Å². The number of benzene rings is 2. The van der Waals surface area contributed by atoms with Crippen molar-refractivity contribution in [1.82, 2.24) is 0 Å². The molecule has 0 spiro atoms. The topological polar surface area (TPSA) is 211 Å². The predicted octanol–water partition coefficient (Wildman–Crippen LogP) is -1.06. The molecule has 0 unspecified atom stereocenters. The van der Waals surface area contributed by atoms with E-state index in [2.05, 4.69) is 0 Å². The van der Waals surface area contributed by atoms with Crippen molar-refractivity contribution in [3.63, 3.8) is 0 Å². The minimum atomic E-state index is -1.96. The quantitative estimate of drug-likeness (QED) is 0.136. The van der Waals surface area contributed by atoms with Crippen molar-refractivity contribution in [2.75, 3.05) is 6.61 Å². The summed E-state index contributed by atoms with van der Waals surface area (Å²) in [6.45, 7) is 0.754. The first kappa shape index (κ1) is 23.6. The fourth-order valence-corrected chi connectivity index (χ4v) is 4.40. The molecule has 12 heteroatoms. The average molecular weight is 476 g/mol. The van der Waals surface area contributed by atoms with Crippen LogP contribution in [0.25, 0.3) is 0 Å². The minimum Gasteiger partial charge on any atom is -0.507 e. The standard InChI is InChI=1S/C22H20O12/c1-6-2-7(33-5-24)3-8-10(6)16(27)12-11(14(8)25)18(29)19(30)13(17(12)28)22-21(32)20(31)15(26)9(4-23)34-22/h2-3,5,9,15,20-23,26,28-32H,4H2,1H3/t9-,15-,20+,21-,22+/m1/s1. The maximum Gasteiger partial charge on any atom is 0.298 e. The Morgan fingerprint density at radius 3 is 2.18 bits per heavy atom. The van der Waals surface area contributed by atoms with Gasteiger partial charge in [-0.15, -0.1) is 0 Å². The van der Waals surface area contributed by atoms with Crippen molar-refractivity contribution < 1.29 is 59.6 Å². The van der Waals surface area contributed by atoms with Gasteiger partial charge in [0.2, 0.25) is 0 Å². The lowest BCUT2D eigenvalue weighted by atomic mass is 9.78. The lowest BCUT2D eigenvalue weighted by molar-refractivity contribution is -0.232. The first-order chi connectivity index (χ1) is 16.0. The molecular formula is C22H20O12. The summed E-state index contributed by atoms with van der Waals surface area (Å²) in [6.07, 6.45) is -8.81. The molecule has 4 rings (SSSR count). The molecule has 5 atom stereocenters. The third-order valence-corrected chi connectivity index (χ3v) is 6.05. The number of fused-ring (bicyclic) bond motifs is 2. The monoisotopic (exact) mass is 476 g/mol. The van der Waals surface area contributed by atoms with Crippen LogP contribution >= 0.6 is 0 Å². The summed E-state index contributed by atoms with van der Waals surface area (Å²) < 4.78 is 10.1. The number of rotatable bonds is 4. The molecule has 12 nitrogen and oxygen atoms in total. The summed E-state index contributed by atoms with van der Waals surface area (Å²) in [5, 5.41) is 72.1. The van der Waals surface area contributed by atoms with Gasteiger partial charge in [0.15, 0.2) is 23.1 Å². The zero-order chi connectivity index (χ0) is 25.1. The number of ether oxygens (including phenoxy) is 2. The number of carbonyl (C=O) groups excluding carboxylic acids is 3. The highest BCUT2D eigenvalue weighted by Gasteiger charge is 2.48. The molecule has 2 aromatic rings. The van der Waals surface area contributed by atoms with Crippen LogP contribution in [0.3, 0.4) is 0 Å². The largest absolute Gasteiger partial charge is 0.507 e. The van der Waals surface area contributed by atoms with Crippen LogP contribution in [0.4, 0.5) is 0 Å². The van der Waals surface area contributed by atoms with Crippen molar-refractivity contribution in [3.05, 3.63) is 45.5 Å². The van der Waals surface area contributed by atoms with E-state index in [4.69, 9.17) is 9.47 Å². The van der Waals surface area contributed by atoms with Crippen LogP contribution in [0.2, 0.25) is 0 Å².